The molecule has 0 saturated carbocycles. The third-order valence-electron chi connectivity index (χ3n) is 2.66. The number of aromatic nitrogens is 2. The van der Waals surface area contributed by atoms with E-state index >= 15 is 0 Å². The number of halogens is 1. The predicted molar refractivity (Wildman–Crippen MR) is 61.1 cm³/mol. The lowest BCUT2D eigenvalue weighted by Crippen LogP contribution is -1.98. The lowest BCUT2D eigenvalue weighted by Gasteiger charge is -2.06. The van der Waals surface area contributed by atoms with Gasteiger partial charge in [-0.1, -0.05) is 6.07 Å². The van der Waals surface area contributed by atoms with E-state index in [-0.39, 0.29) is 5.88 Å². The summed E-state index contributed by atoms with van der Waals surface area (Å²) in [6.45, 7) is 1.96. The molecule has 0 aliphatic carbocycles. The van der Waals surface area contributed by atoms with Crippen LogP contribution in [-0.2, 0) is 7.05 Å². The second-order valence-electron chi connectivity index (χ2n) is 3.64. The highest BCUT2D eigenvalue weighted by molar-refractivity contribution is 6.18. The van der Waals surface area contributed by atoms with Gasteiger partial charge in [0.2, 0.25) is 0 Å². The molecule has 4 heteroatoms. The van der Waals surface area contributed by atoms with Crippen LogP contribution in [0, 0.1) is 6.92 Å². The molecule has 0 aliphatic heterocycles. The number of fused-ring (bicyclic) bond motifs is 1. The number of benzene rings is 1. The summed E-state index contributed by atoms with van der Waals surface area (Å²) in [4.78, 5) is 4.40. The first-order valence-corrected chi connectivity index (χ1v) is 5.34. The number of rotatable bonds is 2. The maximum atomic E-state index is 9.60. The van der Waals surface area contributed by atoms with Gasteiger partial charge in [0, 0.05) is 7.05 Å². The maximum Gasteiger partial charge on any atom is 0.106 e. The number of alkyl halides is 1. The van der Waals surface area contributed by atoms with Gasteiger partial charge in [-0.2, -0.15) is 0 Å². The fourth-order valence-electron chi connectivity index (χ4n) is 1.63. The molecular formula is C11H13ClN2O. The van der Waals surface area contributed by atoms with E-state index in [0.717, 1.165) is 22.4 Å². The zero-order chi connectivity index (χ0) is 11.0. The Balaban J connectivity index is 2.57. The van der Waals surface area contributed by atoms with Gasteiger partial charge in [0.1, 0.15) is 5.82 Å². The zero-order valence-electron chi connectivity index (χ0n) is 8.74. The first kappa shape index (κ1) is 10.5. The smallest absolute Gasteiger partial charge is 0.106 e. The SMILES string of the molecule is Cc1nc2cc(C(O)CCl)ccc2n1C. The van der Waals surface area contributed by atoms with Gasteiger partial charge in [-0.15, -0.1) is 11.6 Å². The van der Waals surface area contributed by atoms with Crippen LogP contribution in [0.2, 0.25) is 0 Å². The summed E-state index contributed by atoms with van der Waals surface area (Å²) in [5.41, 5.74) is 2.78. The molecule has 1 aromatic heterocycles. The van der Waals surface area contributed by atoms with Gasteiger partial charge in [0.25, 0.3) is 0 Å². The molecule has 2 rings (SSSR count). The molecule has 0 aliphatic rings. The van der Waals surface area contributed by atoms with E-state index in [1.807, 2.05) is 36.7 Å². The molecule has 0 amide bonds. The second-order valence-corrected chi connectivity index (χ2v) is 3.94. The summed E-state index contributed by atoms with van der Waals surface area (Å²) in [6, 6.07) is 5.73. The topological polar surface area (TPSA) is 38.1 Å². The molecule has 0 saturated heterocycles. The van der Waals surface area contributed by atoms with Crippen LogP contribution in [0.25, 0.3) is 11.0 Å². The van der Waals surface area contributed by atoms with Crippen molar-refractivity contribution in [3.8, 4) is 0 Å². The average Bonchev–Trinajstić information content (AvgIpc) is 2.53. The van der Waals surface area contributed by atoms with Crippen LogP contribution in [0.4, 0.5) is 0 Å². The standard InChI is InChI=1S/C11H13ClN2O/c1-7-13-9-5-8(11(15)6-12)3-4-10(9)14(7)2/h3-5,11,15H,6H2,1-2H3. The zero-order valence-corrected chi connectivity index (χ0v) is 9.49. The molecule has 3 nitrogen and oxygen atoms in total. The van der Waals surface area contributed by atoms with E-state index in [4.69, 9.17) is 11.6 Å². The summed E-state index contributed by atoms with van der Waals surface area (Å²) in [5, 5.41) is 9.60. The number of aliphatic hydroxyl groups excluding tert-OH is 1. The van der Waals surface area contributed by atoms with Crippen molar-refractivity contribution in [3.63, 3.8) is 0 Å². The van der Waals surface area contributed by atoms with Crippen molar-refractivity contribution in [2.45, 2.75) is 13.0 Å². The Hall–Kier alpha value is -1.06. The molecule has 1 heterocycles. The number of aryl methyl sites for hydroxylation is 2. The minimum atomic E-state index is -0.613. The highest BCUT2D eigenvalue weighted by atomic mass is 35.5. The van der Waals surface area contributed by atoms with E-state index in [1.165, 1.54) is 0 Å². The molecule has 1 unspecified atom stereocenters. The lowest BCUT2D eigenvalue weighted by molar-refractivity contribution is 0.203. The molecule has 1 aromatic carbocycles. The number of nitrogens with zero attached hydrogens (tertiary/aromatic N) is 2. The largest absolute Gasteiger partial charge is 0.387 e. The van der Waals surface area contributed by atoms with E-state index in [0.29, 0.717) is 0 Å². The second kappa shape index (κ2) is 3.83. The Kier molecular flexibility index (Phi) is 2.67. The van der Waals surface area contributed by atoms with Gasteiger partial charge in [-0.05, 0) is 24.6 Å². The summed E-state index contributed by atoms with van der Waals surface area (Å²) >= 11 is 5.60. The molecule has 1 atom stereocenters. The van der Waals surface area contributed by atoms with Gasteiger partial charge >= 0.3 is 0 Å². The van der Waals surface area contributed by atoms with E-state index in [2.05, 4.69) is 4.98 Å². The van der Waals surface area contributed by atoms with Crippen molar-refractivity contribution in [1.29, 1.82) is 0 Å². The number of hydrogen-bond donors (Lipinski definition) is 1. The number of imidazole rings is 1. The summed E-state index contributed by atoms with van der Waals surface area (Å²) in [6.07, 6.45) is -0.613. The van der Waals surface area contributed by atoms with Crippen LogP contribution in [0.15, 0.2) is 18.2 Å². The predicted octanol–water partition coefficient (Wildman–Crippen LogP) is 2.15. The Bertz CT molecular complexity index is 493. The molecule has 0 radical (unpaired) electrons. The summed E-state index contributed by atoms with van der Waals surface area (Å²) < 4.78 is 2.02. The monoisotopic (exact) mass is 224 g/mol. The third kappa shape index (κ3) is 1.73. The van der Waals surface area contributed by atoms with Crippen LogP contribution < -0.4 is 0 Å². The van der Waals surface area contributed by atoms with Crippen LogP contribution >= 0.6 is 11.6 Å². The lowest BCUT2D eigenvalue weighted by atomic mass is 10.1. The number of hydrogen-bond acceptors (Lipinski definition) is 2. The highest BCUT2D eigenvalue weighted by Crippen LogP contribution is 2.21. The third-order valence-corrected chi connectivity index (χ3v) is 2.95. The highest BCUT2D eigenvalue weighted by Gasteiger charge is 2.09. The molecule has 15 heavy (non-hydrogen) atoms. The van der Waals surface area contributed by atoms with Crippen LogP contribution in [-0.4, -0.2) is 20.5 Å². The van der Waals surface area contributed by atoms with Crippen molar-refractivity contribution >= 4 is 22.6 Å². The van der Waals surface area contributed by atoms with Crippen molar-refractivity contribution in [2.24, 2.45) is 7.05 Å². The Morgan fingerprint density at radius 2 is 2.27 bits per heavy atom. The van der Waals surface area contributed by atoms with E-state index < -0.39 is 6.10 Å². The minimum absolute atomic E-state index is 0.206. The molecular weight excluding hydrogens is 212 g/mol. The summed E-state index contributed by atoms with van der Waals surface area (Å²) in [5.74, 6) is 1.17. The van der Waals surface area contributed by atoms with E-state index in [1.54, 1.807) is 0 Å². The first-order chi connectivity index (χ1) is 7.13. The number of aliphatic hydroxyl groups is 1. The molecule has 0 spiro atoms. The van der Waals surface area contributed by atoms with E-state index in [9.17, 15) is 5.11 Å². The molecule has 0 bridgehead atoms. The fraction of sp³-hybridized carbons (Fsp3) is 0.364. The molecule has 1 N–H and O–H groups in total. The van der Waals surface area contributed by atoms with Crippen LogP contribution in [0.5, 0.6) is 0 Å². The normalized spacial score (nSPS) is 13.3. The van der Waals surface area contributed by atoms with Crippen LogP contribution in [0.1, 0.15) is 17.5 Å². The average molecular weight is 225 g/mol. The fourth-order valence-corrected chi connectivity index (χ4v) is 1.81. The maximum absolute atomic E-state index is 9.60. The molecule has 2 aromatic rings. The Morgan fingerprint density at radius 3 is 2.93 bits per heavy atom. The van der Waals surface area contributed by atoms with Crippen LogP contribution in [0.3, 0.4) is 0 Å². The molecule has 80 valence electrons. The first-order valence-electron chi connectivity index (χ1n) is 4.80. The van der Waals surface area contributed by atoms with Gasteiger partial charge in [-0.3, -0.25) is 0 Å². The van der Waals surface area contributed by atoms with Gasteiger partial charge in [0.05, 0.1) is 23.0 Å². The minimum Gasteiger partial charge on any atom is -0.387 e. The van der Waals surface area contributed by atoms with Crippen molar-refractivity contribution in [2.75, 3.05) is 5.88 Å². The van der Waals surface area contributed by atoms with Gasteiger partial charge in [0.15, 0.2) is 0 Å². The molecule has 0 fully saturated rings. The van der Waals surface area contributed by atoms with Gasteiger partial charge < -0.3 is 9.67 Å². The Labute approximate surface area is 93.3 Å². The Morgan fingerprint density at radius 1 is 1.53 bits per heavy atom. The quantitative estimate of drug-likeness (QED) is 0.794. The van der Waals surface area contributed by atoms with Crippen molar-refractivity contribution < 1.29 is 5.11 Å². The summed E-state index contributed by atoms with van der Waals surface area (Å²) in [7, 11) is 1.97. The van der Waals surface area contributed by atoms with Crippen molar-refractivity contribution in [3.05, 3.63) is 29.6 Å². The van der Waals surface area contributed by atoms with Gasteiger partial charge in [-0.25, -0.2) is 4.98 Å². The van der Waals surface area contributed by atoms with Crippen molar-refractivity contribution in [1.82, 2.24) is 9.55 Å².